The zero-order valence-electron chi connectivity index (χ0n) is 11.5. The van der Waals surface area contributed by atoms with Gasteiger partial charge in [0.2, 0.25) is 0 Å². The number of carbonyl (C=O) groups excluding carboxylic acids is 1. The summed E-state index contributed by atoms with van der Waals surface area (Å²) in [6, 6.07) is 17.8. The minimum absolute atomic E-state index is 0.166. The molecule has 21 heavy (non-hydrogen) atoms. The molecule has 1 aromatic heterocycles. The summed E-state index contributed by atoms with van der Waals surface area (Å²) in [6.07, 6.45) is 0.674. The predicted octanol–water partition coefficient (Wildman–Crippen LogP) is 1.62. The van der Waals surface area contributed by atoms with Gasteiger partial charge in [0, 0.05) is 6.42 Å². The molecule has 106 valence electrons. The third-order valence-corrected chi connectivity index (χ3v) is 3.40. The molecule has 3 rings (SSSR count). The van der Waals surface area contributed by atoms with E-state index in [0.717, 1.165) is 22.4 Å². The zero-order valence-corrected chi connectivity index (χ0v) is 11.5. The molecule has 3 aromatic rings. The van der Waals surface area contributed by atoms with Crippen molar-refractivity contribution in [1.29, 1.82) is 0 Å². The van der Waals surface area contributed by atoms with Gasteiger partial charge in [0.15, 0.2) is 0 Å². The Morgan fingerprint density at radius 2 is 1.81 bits per heavy atom. The average molecular weight is 280 g/mol. The number of nitrogens with two attached hydrogens (primary N) is 1. The number of rotatable bonds is 4. The Hall–Kier alpha value is -2.66. The predicted molar refractivity (Wildman–Crippen MR) is 81.3 cm³/mol. The fraction of sp³-hybridized carbons (Fsp3) is 0.125. The van der Waals surface area contributed by atoms with Gasteiger partial charge in [-0.15, -0.1) is 0 Å². The van der Waals surface area contributed by atoms with E-state index in [1.807, 2.05) is 59.2 Å². The lowest BCUT2D eigenvalue weighted by Crippen LogP contribution is -2.33. The minimum Gasteiger partial charge on any atom is -0.318 e. The van der Waals surface area contributed by atoms with Crippen LogP contribution in [0.15, 0.2) is 54.6 Å². The van der Waals surface area contributed by atoms with Crippen molar-refractivity contribution >= 4 is 16.9 Å². The number of benzene rings is 2. The second-order valence-electron chi connectivity index (χ2n) is 4.83. The molecule has 1 amide bonds. The number of imidazole rings is 1. The van der Waals surface area contributed by atoms with Crippen LogP contribution in [0.2, 0.25) is 0 Å². The van der Waals surface area contributed by atoms with Crippen LogP contribution >= 0.6 is 0 Å². The number of amides is 1. The van der Waals surface area contributed by atoms with E-state index in [4.69, 9.17) is 5.84 Å². The number of fused-ring (bicyclic) bond motifs is 1. The molecule has 2 aromatic carbocycles. The maximum atomic E-state index is 11.6. The zero-order chi connectivity index (χ0) is 14.7. The Labute approximate surface area is 122 Å². The van der Waals surface area contributed by atoms with Gasteiger partial charge in [-0.05, 0) is 17.7 Å². The fourth-order valence-electron chi connectivity index (χ4n) is 2.40. The molecule has 0 bridgehead atoms. The van der Waals surface area contributed by atoms with Crippen LogP contribution in [0.3, 0.4) is 0 Å². The van der Waals surface area contributed by atoms with Crippen LogP contribution in [0.4, 0.5) is 0 Å². The molecule has 0 spiro atoms. The molecule has 0 aliphatic carbocycles. The van der Waals surface area contributed by atoms with E-state index in [1.165, 1.54) is 0 Å². The lowest BCUT2D eigenvalue weighted by Gasteiger charge is -2.08. The summed E-state index contributed by atoms with van der Waals surface area (Å²) in [5.41, 5.74) is 5.15. The van der Waals surface area contributed by atoms with Crippen molar-refractivity contribution in [2.45, 2.75) is 13.0 Å². The van der Waals surface area contributed by atoms with Gasteiger partial charge in [-0.1, -0.05) is 42.5 Å². The highest BCUT2D eigenvalue weighted by Gasteiger charge is 2.13. The SMILES string of the molecule is NNC(=O)Cn1c(Cc2ccccc2)nc2ccccc21. The first-order valence-electron chi connectivity index (χ1n) is 6.75. The lowest BCUT2D eigenvalue weighted by molar-refractivity contribution is -0.121. The average Bonchev–Trinajstić information content (AvgIpc) is 2.86. The number of hydrogen-bond acceptors (Lipinski definition) is 3. The molecule has 5 nitrogen and oxygen atoms in total. The number of hydrazine groups is 1. The van der Waals surface area contributed by atoms with E-state index in [0.29, 0.717) is 6.42 Å². The quantitative estimate of drug-likeness (QED) is 0.433. The number of nitrogens with one attached hydrogen (secondary N) is 1. The summed E-state index contributed by atoms with van der Waals surface area (Å²) in [5, 5.41) is 0. The summed E-state index contributed by atoms with van der Waals surface area (Å²) in [6.45, 7) is 0.166. The minimum atomic E-state index is -0.243. The van der Waals surface area contributed by atoms with E-state index in [-0.39, 0.29) is 12.5 Å². The summed E-state index contributed by atoms with van der Waals surface area (Å²) in [5.74, 6) is 5.81. The Morgan fingerprint density at radius 1 is 1.10 bits per heavy atom. The van der Waals surface area contributed by atoms with Gasteiger partial charge >= 0.3 is 0 Å². The highest BCUT2D eigenvalue weighted by Crippen LogP contribution is 2.18. The molecule has 0 unspecified atom stereocenters. The Kier molecular flexibility index (Phi) is 3.66. The van der Waals surface area contributed by atoms with Gasteiger partial charge < -0.3 is 4.57 Å². The van der Waals surface area contributed by atoms with Gasteiger partial charge in [-0.2, -0.15) is 0 Å². The van der Waals surface area contributed by atoms with Gasteiger partial charge in [0.05, 0.1) is 11.0 Å². The molecule has 0 saturated carbocycles. The highest BCUT2D eigenvalue weighted by molar-refractivity contribution is 5.80. The van der Waals surface area contributed by atoms with Crippen molar-refractivity contribution in [1.82, 2.24) is 15.0 Å². The van der Waals surface area contributed by atoms with Crippen LogP contribution in [0.5, 0.6) is 0 Å². The molecule has 0 aliphatic rings. The molecule has 0 atom stereocenters. The molecule has 5 heteroatoms. The lowest BCUT2D eigenvalue weighted by atomic mass is 10.1. The van der Waals surface area contributed by atoms with Crippen molar-refractivity contribution in [2.75, 3.05) is 0 Å². The molecule has 3 N–H and O–H groups in total. The van der Waals surface area contributed by atoms with Crippen LogP contribution in [-0.4, -0.2) is 15.5 Å². The van der Waals surface area contributed by atoms with Crippen molar-refractivity contribution in [3.8, 4) is 0 Å². The van der Waals surface area contributed by atoms with Gasteiger partial charge in [-0.25, -0.2) is 10.8 Å². The van der Waals surface area contributed by atoms with Crippen LogP contribution in [0, 0.1) is 0 Å². The summed E-state index contributed by atoms with van der Waals surface area (Å²) < 4.78 is 1.91. The molecule has 0 fully saturated rings. The molecular formula is C16H16N4O. The number of nitrogens with zero attached hydrogens (tertiary/aromatic N) is 2. The highest BCUT2D eigenvalue weighted by atomic mass is 16.2. The van der Waals surface area contributed by atoms with Crippen LogP contribution in [0.25, 0.3) is 11.0 Å². The number of hydrogen-bond donors (Lipinski definition) is 2. The molecule has 1 heterocycles. The Bertz CT molecular complexity index is 764. The summed E-state index contributed by atoms with van der Waals surface area (Å²) >= 11 is 0. The van der Waals surface area contributed by atoms with Gasteiger partial charge in [-0.3, -0.25) is 10.2 Å². The first kappa shape index (κ1) is 13.3. The third-order valence-electron chi connectivity index (χ3n) is 3.40. The normalized spacial score (nSPS) is 10.7. The molecular weight excluding hydrogens is 264 g/mol. The van der Waals surface area contributed by atoms with Crippen LogP contribution < -0.4 is 11.3 Å². The van der Waals surface area contributed by atoms with E-state index in [2.05, 4.69) is 10.4 Å². The summed E-state index contributed by atoms with van der Waals surface area (Å²) in [4.78, 5) is 16.3. The molecule has 0 aliphatic heterocycles. The molecule has 0 radical (unpaired) electrons. The second-order valence-corrected chi connectivity index (χ2v) is 4.83. The Balaban J connectivity index is 2.04. The van der Waals surface area contributed by atoms with Crippen molar-refractivity contribution in [2.24, 2.45) is 5.84 Å². The maximum absolute atomic E-state index is 11.6. The maximum Gasteiger partial charge on any atom is 0.253 e. The van der Waals surface area contributed by atoms with E-state index < -0.39 is 0 Å². The number of para-hydroxylation sites is 2. The van der Waals surface area contributed by atoms with E-state index >= 15 is 0 Å². The largest absolute Gasteiger partial charge is 0.318 e. The van der Waals surface area contributed by atoms with E-state index in [1.54, 1.807) is 0 Å². The second kappa shape index (κ2) is 5.76. The van der Waals surface area contributed by atoms with Crippen molar-refractivity contribution in [3.63, 3.8) is 0 Å². The number of carbonyl (C=O) groups is 1. The topological polar surface area (TPSA) is 72.9 Å². The van der Waals surface area contributed by atoms with Crippen molar-refractivity contribution < 1.29 is 4.79 Å². The van der Waals surface area contributed by atoms with Crippen LogP contribution in [0.1, 0.15) is 11.4 Å². The van der Waals surface area contributed by atoms with Gasteiger partial charge in [0.25, 0.3) is 5.91 Å². The van der Waals surface area contributed by atoms with Crippen LogP contribution in [-0.2, 0) is 17.8 Å². The first-order chi connectivity index (χ1) is 10.3. The van der Waals surface area contributed by atoms with Gasteiger partial charge in [0.1, 0.15) is 12.4 Å². The standard InChI is InChI=1S/C16H16N4O/c17-19-16(21)11-20-14-9-5-4-8-13(14)18-15(20)10-12-6-2-1-3-7-12/h1-9H,10-11,17H2,(H,19,21). The monoisotopic (exact) mass is 280 g/mol. The first-order valence-corrected chi connectivity index (χ1v) is 6.75. The fourth-order valence-corrected chi connectivity index (χ4v) is 2.40. The van der Waals surface area contributed by atoms with Crippen molar-refractivity contribution in [3.05, 3.63) is 66.0 Å². The third kappa shape index (κ3) is 2.78. The van der Waals surface area contributed by atoms with E-state index in [9.17, 15) is 4.79 Å². The Morgan fingerprint density at radius 3 is 2.57 bits per heavy atom. The summed E-state index contributed by atoms with van der Waals surface area (Å²) in [7, 11) is 0. The smallest absolute Gasteiger partial charge is 0.253 e. The number of aromatic nitrogens is 2. The molecule has 0 saturated heterocycles.